The van der Waals surface area contributed by atoms with Gasteiger partial charge in [0.15, 0.2) is 6.61 Å². The molecule has 0 radical (unpaired) electrons. The van der Waals surface area contributed by atoms with Crippen molar-refractivity contribution in [3.05, 3.63) is 29.8 Å². The predicted octanol–water partition coefficient (Wildman–Crippen LogP) is 0.700. The summed E-state index contributed by atoms with van der Waals surface area (Å²) < 4.78 is 4.93. The largest absolute Gasteiger partial charge is 0.482 e. The van der Waals surface area contributed by atoms with Gasteiger partial charge in [0.05, 0.1) is 0 Å². The summed E-state index contributed by atoms with van der Waals surface area (Å²) in [7, 11) is 0. The summed E-state index contributed by atoms with van der Waals surface area (Å²) >= 11 is 0. The monoisotopic (exact) mass is 241 g/mol. The van der Waals surface area contributed by atoms with Gasteiger partial charge in [-0.25, -0.2) is 4.79 Å². The van der Waals surface area contributed by atoms with Gasteiger partial charge >= 0.3 is 5.97 Å². The summed E-state index contributed by atoms with van der Waals surface area (Å²) in [6, 6.07) is 7.00. The van der Waals surface area contributed by atoms with Gasteiger partial charge in [-0.15, -0.1) is 0 Å². The van der Waals surface area contributed by atoms with Crippen molar-refractivity contribution in [2.45, 2.75) is 13.5 Å². The van der Waals surface area contributed by atoms with Crippen molar-refractivity contribution in [2.75, 3.05) is 6.61 Å². The molecule has 0 amide bonds. The van der Waals surface area contributed by atoms with Crippen LogP contribution in [0, 0.1) is 0 Å². The molecule has 0 heterocycles. The molecule has 0 saturated heterocycles. The fourth-order valence-corrected chi connectivity index (χ4v) is 0.867. The number of aliphatic carboxylic acids is 2. The van der Waals surface area contributed by atoms with Gasteiger partial charge in [-0.3, -0.25) is 4.79 Å². The van der Waals surface area contributed by atoms with E-state index in [4.69, 9.17) is 25.5 Å². The second-order valence-electron chi connectivity index (χ2n) is 3.05. The molecule has 17 heavy (non-hydrogen) atoms. The van der Waals surface area contributed by atoms with E-state index in [-0.39, 0.29) is 6.61 Å². The first kappa shape index (κ1) is 14.9. The molecule has 0 aliphatic rings. The highest BCUT2D eigenvalue weighted by atomic mass is 16.5. The van der Waals surface area contributed by atoms with Crippen LogP contribution >= 0.6 is 0 Å². The van der Waals surface area contributed by atoms with Crippen molar-refractivity contribution in [3.8, 4) is 5.75 Å². The van der Waals surface area contributed by atoms with Gasteiger partial charge in [-0.05, 0) is 17.7 Å². The Morgan fingerprint density at radius 3 is 2.06 bits per heavy atom. The summed E-state index contributed by atoms with van der Waals surface area (Å²) in [6.45, 7) is 1.24. The normalized spacial score (nSPS) is 8.82. The first-order chi connectivity index (χ1) is 7.95. The van der Waals surface area contributed by atoms with Crippen LogP contribution in [0.15, 0.2) is 24.3 Å². The number of rotatable bonds is 4. The lowest BCUT2D eigenvalue weighted by Gasteiger charge is -2.03. The number of carboxylic acid groups (broad SMARTS) is 2. The molecule has 0 unspecified atom stereocenters. The lowest BCUT2D eigenvalue weighted by molar-refractivity contribution is -0.139. The fourth-order valence-electron chi connectivity index (χ4n) is 0.867. The molecule has 0 aliphatic heterocycles. The second-order valence-corrected chi connectivity index (χ2v) is 3.05. The molecule has 6 heteroatoms. The maximum atomic E-state index is 10.2. The molecule has 6 nitrogen and oxygen atoms in total. The standard InChI is InChI=1S/C9H11NO3.C2H4O2/c10-5-7-1-3-8(4-2-7)13-6-9(11)12;1-2(3)4/h1-4H,5-6,10H2,(H,11,12);1H3,(H,3,4). The average Bonchev–Trinajstić information content (AvgIpc) is 2.26. The number of nitrogens with two attached hydrogens (primary N) is 1. The van der Waals surface area contributed by atoms with Gasteiger partial charge in [-0.2, -0.15) is 0 Å². The maximum absolute atomic E-state index is 10.2. The Bertz CT molecular complexity index is 357. The molecule has 4 N–H and O–H groups in total. The van der Waals surface area contributed by atoms with Crippen LogP contribution in [0.2, 0.25) is 0 Å². The van der Waals surface area contributed by atoms with Crippen LogP contribution in [0.4, 0.5) is 0 Å². The Kier molecular flexibility index (Phi) is 7.12. The highest BCUT2D eigenvalue weighted by Crippen LogP contribution is 2.11. The number of benzene rings is 1. The van der Waals surface area contributed by atoms with Gasteiger partial charge < -0.3 is 20.7 Å². The maximum Gasteiger partial charge on any atom is 0.341 e. The smallest absolute Gasteiger partial charge is 0.341 e. The highest BCUT2D eigenvalue weighted by Gasteiger charge is 1.98. The van der Waals surface area contributed by atoms with Crippen molar-refractivity contribution in [1.29, 1.82) is 0 Å². The summed E-state index contributed by atoms with van der Waals surface area (Å²) in [5.74, 6) is -1.28. The molecule has 0 bridgehead atoms. The molecule has 0 saturated carbocycles. The van der Waals surface area contributed by atoms with Gasteiger partial charge in [0.25, 0.3) is 5.97 Å². The average molecular weight is 241 g/mol. The summed E-state index contributed by atoms with van der Waals surface area (Å²) in [5.41, 5.74) is 6.38. The van der Waals surface area contributed by atoms with Crippen LogP contribution < -0.4 is 10.5 Å². The zero-order valence-electron chi connectivity index (χ0n) is 9.42. The van der Waals surface area contributed by atoms with E-state index in [1.807, 2.05) is 0 Å². The quantitative estimate of drug-likeness (QED) is 0.715. The van der Waals surface area contributed by atoms with E-state index < -0.39 is 11.9 Å². The molecule has 1 rings (SSSR count). The predicted molar refractivity (Wildman–Crippen MR) is 60.8 cm³/mol. The van der Waals surface area contributed by atoms with Gasteiger partial charge in [0, 0.05) is 13.5 Å². The van der Waals surface area contributed by atoms with E-state index in [0.717, 1.165) is 12.5 Å². The third kappa shape index (κ3) is 8.88. The molecule has 0 aliphatic carbocycles. The highest BCUT2D eigenvalue weighted by molar-refractivity contribution is 5.68. The van der Waals surface area contributed by atoms with E-state index in [0.29, 0.717) is 12.3 Å². The lowest BCUT2D eigenvalue weighted by atomic mass is 10.2. The second kappa shape index (κ2) is 8.12. The van der Waals surface area contributed by atoms with Crippen LogP contribution in [0.3, 0.4) is 0 Å². The first-order valence-electron chi connectivity index (χ1n) is 4.78. The zero-order valence-corrected chi connectivity index (χ0v) is 9.42. The third-order valence-corrected chi connectivity index (χ3v) is 1.52. The number of ether oxygens (including phenoxy) is 1. The number of hydrogen-bond acceptors (Lipinski definition) is 4. The topological polar surface area (TPSA) is 110 Å². The van der Waals surface area contributed by atoms with Crippen molar-refractivity contribution >= 4 is 11.9 Å². The minimum absolute atomic E-state index is 0.317. The Balaban J connectivity index is 0.000000557. The summed E-state index contributed by atoms with van der Waals surface area (Å²) in [4.78, 5) is 19.2. The van der Waals surface area contributed by atoms with Gasteiger partial charge in [0.1, 0.15) is 5.75 Å². The Morgan fingerprint density at radius 1 is 1.24 bits per heavy atom. The molecule has 0 spiro atoms. The summed E-state index contributed by atoms with van der Waals surface area (Å²) in [5, 5.41) is 15.7. The van der Waals surface area contributed by atoms with E-state index in [1.54, 1.807) is 24.3 Å². The van der Waals surface area contributed by atoms with Crippen LogP contribution in [-0.2, 0) is 16.1 Å². The fraction of sp³-hybridized carbons (Fsp3) is 0.273. The SMILES string of the molecule is CC(=O)O.NCc1ccc(OCC(=O)O)cc1. The van der Waals surface area contributed by atoms with Crippen LogP contribution in [0.25, 0.3) is 0 Å². The molecule has 1 aromatic carbocycles. The Hall–Kier alpha value is -2.08. The van der Waals surface area contributed by atoms with Crippen LogP contribution in [-0.4, -0.2) is 28.8 Å². The number of carbonyl (C=O) groups is 2. The molecular weight excluding hydrogens is 226 g/mol. The molecular formula is C11H15NO5. The van der Waals surface area contributed by atoms with E-state index in [2.05, 4.69) is 0 Å². The molecule has 1 aromatic rings. The molecule has 94 valence electrons. The minimum atomic E-state index is -0.983. The third-order valence-electron chi connectivity index (χ3n) is 1.52. The first-order valence-corrected chi connectivity index (χ1v) is 4.78. The number of carboxylic acids is 2. The Morgan fingerprint density at radius 2 is 1.71 bits per heavy atom. The van der Waals surface area contributed by atoms with Crippen molar-refractivity contribution in [1.82, 2.24) is 0 Å². The van der Waals surface area contributed by atoms with Gasteiger partial charge in [-0.1, -0.05) is 12.1 Å². The van der Waals surface area contributed by atoms with E-state index >= 15 is 0 Å². The van der Waals surface area contributed by atoms with Gasteiger partial charge in [0.2, 0.25) is 0 Å². The molecule has 0 atom stereocenters. The minimum Gasteiger partial charge on any atom is -0.482 e. The van der Waals surface area contributed by atoms with Crippen LogP contribution in [0.5, 0.6) is 5.75 Å². The number of hydrogen-bond donors (Lipinski definition) is 3. The molecule has 0 fully saturated rings. The molecule has 0 aromatic heterocycles. The summed E-state index contributed by atoms with van der Waals surface area (Å²) in [6.07, 6.45) is 0. The lowest BCUT2D eigenvalue weighted by Crippen LogP contribution is -2.09. The van der Waals surface area contributed by atoms with Crippen molar-refractivity contribution < 1.29 is 24.5 Å². The zero-order chi connectivity index (χ0) is 13.3. The Labute approximate surface area is 98.6 Å². The van der Waals surface area contributed by atoms with Crippen molar-refractivity contribution in [3.63, 3.8) is 0 Å². The van der Waals surface area contributed by atoms with Crippen molar-refractivity contribution in [2.24, 2.45) is 5.73 Å². The van der Waals surface area contributed by atoms with Crippen LogP contribution in [0.1, 0.15) is 12.5 Å². The van der Waals surface area contributed by atoms with E-state index in [9.17, 15) is 4.79 Å². The van der Waals surface area contributed by atoms with E-state index in [1.165, 1.54) is 0 Å².